The topological polar surface area (TPSA) is 36.3 Å². The summed E-state index contributed by atoms with van der Waals surface area (Å²) in [4.78, 5) is 4.24. The van der Waals surface area contributed by atoms with Crippen molar-refractivity contribution in [2.24, 2.45) is 0 Å². The number of imidazole rings is 1. The Kier molecular flexibility index (Phi) is 4.78. The van der Waals surface area contributed by atoms with E-state index < -0.39 is 0 Å². The van der Waals surface area contributed by atoms with E-state index in [0.29, 0.717) is 5.92 Å². The number of hydrogen-bond donors (Lipinski definition) is 0. The van der Waals surface area contributed by atoms with Gasteiger partial charge in [0.05, 0.1) is 19.0 Å². The van der Waals surface area contributed by atoms with Crippen LogP contribution in [0.15, 0.2) is 12.5 Å². The molecule has 1 aliphatic heterocycles. The summed E-state index contributed by atoms with van der Waals surface area (Å²) in [6.45, 7) is 8.01. The van der Waals surface area contributed by atoms with E-state index in [2.05, 4.69) is 23.4 Å². The maximum atomic E-state index is 5.96. The summed E-state index contributed by atoms with van der Waals surface area (Å²) < 4.78 is 13.7. The van der Waals surface area contributed by atoms with Crippen molar-refractivity contribution >= 4 is 0 Å². The van der Waals surface area contributed by atoms with Gasteiger partial charge in [-0.05, 0) is 32.1 Å². The van der Waals surface area contributed by atoms with Crippen LogP contribution in [0.5, 0.6) is 0 Å². The van der Waals surface area contributed by atoms with Crippen molar-refractivity contribution in [3.8, 4) is 0 Å². The fourth-order valence-corrected chi connectivity index (χ4v) is 2.49. The first-order valence-corrected chi connectivity index (χ1v) is 6.97. The largest absolute Gasteiger partial charge is 0.353 e. The molecular weight excluding hydrogens is 228 g/mol. The molecule has 2 unspecified atom stereocenters. The number of ether oxygens (including phenoxy) is 2. The van der Waals surface area contributed by atoms with Crippen molar-refractivity contribution in [1.29, 1.82) is 0 Å². The highest BCUT2D eigenvalue weighted by Crippen LogP contribution is 2.22. The van der Waals surface area contributed by atoms with Crippen LogP contribution in [0.2, 0.25) is 0 Å². The molecule has 2 atom stereocenters. The van der Waals surface area contributed by atoms with Gasteiger partial charge in [-0.25, -0.2) is 4.98 Å². The molecule has 0 saturated carbocycles. The van der Waals surface area contributed by atoms with Gasteiger partial charge >= 0.3 is 0 Å². The molecule has 18 heavy (non-hydrogen) atoms. The zero-order valence-corrected chi connectivity index (χ0v) is 11.6. The van der Waals surface area contributed by atoms with E-state index in [0.717, 1.165) is 26.0 Å². The van der Waals surface area contributed by atoms with Crippen molar-refractivity contribution in [3.63, 3.8) is 0 Å². The molecule has 102 valence electrons. The van der Waals surface area contributed by atoms with Gasteiger partial charge in [-0.15, -0.1) is 0 Å². The molecule has 0 amide bonds. The number of nitrogens with zero attached hydrogens (tertiary/aromatic N) is 2. The molecule has 1 fully saturated rings. The molecule has 2 rings (SSSR count). The molecule has 0 aliphatic carbocycles. The Morgan fingerprint density at radius 3 is 3.06 bits per heavy atom. The highest BCUT2D eigenvalue weighted by atomic mass is 16.7. The van der Waals surface area contributed by atoms with Crippen LogP contribution in [-0.2, 0) is 16.0 Å². The first-order valence-electron chi connectivity index (χ1n) is 6.97. The van der Waals surface area contributed by atoms with Crippen molar-refractivity contribution < 1.29 is 9.47 Å². The van der Waals surface area contributed by atoms with Crippen LogP contribution in [-0.4, -0.2) is 28.6 Å². The normalized spacial score (nSPS) is 24.7. The van der Waals surface area contributed by atoms with E-state index in [4.69, 9.17) is 9.47 Å². The standard InChI is InChI=1S/C14H24N2O2/c1-4-17-14-7-5-6-12(18-14)9-16-10-15-8-13(16)11(2)3/h8,10-12,14H,4-7,9H2,1-3H3. The number of rotatable bonds is 5. The van der Waals surface area contributed by atoms with Gasteiger partial charge in [0, 0.05) is 18.5 Å². The Balaban J connectivity index is 1.94. The second-order valence-corrected chi connectivity index (χ2v) is 5.20. The quantitative estimate of drug-likeness (QED) is 0.808. The average molecular weight is 252 g/mol. The highest BCUT2D eigenvalue weighted by Gasteiger charge is 2.23. The Labute approximate surface area is 109 Å². The summed E-state index contributed by atoms with van der Waals surface area (Å²) in [5, 5.41) is 0. The van der Waals surface area contributed by atoms with Gasteiger partial charge in [-0.2, -0.15) is 0 Å². The molecule has 1 saturated heterocycles. The highest BCUT2D eigenvalue weighted by molar-refractivity contribution is 5.03. The third-order valence-corrected chi connectivity index (χ3v) is 3.40. The molecule has 1 aromatic rings. The third kappa shape index (κ3) is 3.33. The second kappa shape index (κ2) is 6.34. The van der Waals surface area contributed by atoms with Crippen LogP contribution in [0.4, 0.5) is 0 Å². The minimum atomic E-state index is -0.0141. The first-order chi connectivity index (χ1) is 8.70. The van der Waals surface area contributed by atoms with Gasteiger partial charge in [0.25, 0.3) is 0 Å². The zero-order chi connectivity index (χ0) is 13.0. The fourth-order valence-electron chi connectivity index (χ4n) is 2.49. The van der Waals surface area contributed by atoms with E-state index >= 15 is 0 Å². The number of hydrogen-bond acceptors (Lipinski definition) is 3. The lowest BCUT2D eigenvalue weighted by molar-refractivity contribution is -0.194. The molecule has 1 aromatic heterocycles. The predicted octanol–water partition coefficient (Wildman–Crippen LogP) is 2.94. The molecule has 4 nitrogen and oxygen atoms in total. The van der Waals surface area contributed by atoms with Gasteiger partial charge in [-0.1, -0.05) is 13.8 Å². The molecule has 0 N–H and O–H groups in total. The van der Waals surface area contributed by atoms with E-state index in [1.807, 2.05) is 19.4 Å². The van der Waals surface area contributed by atoms with Crippen molar-refractivity contribution in [3.05, 3.63) is 18.2 Å². The summed E-state index contributed by atoms with van der Waals surface area (Å²) in [7, 11) is 0. The monoisotopic (exact) mass is 252 g/mol. The summed E-state index contributed by atoms with van der Waals surface area (Å²) >= 11 is 0. The fraction of sp³-hybridized carbons (Fsp3) is 0.786. The van der Waals surface area contributed by atoms with E-state index in [1.54, 1.807) is 0 Å². The molecule has 0 radical (unpaired) electrons. The van der Waals surface area contributed by atoms with Gasteiger partial charge in [0.1, 0.15) is 0 Å². The van der Waals surface area contributed by atoms with Crippen LogP contribution in [0, 0.1) is 0 Å². The SMILES string of the molecule is CCOC1CCCC(Cn2cncc2C(C)C)O1. The van der Waals surface area contributed by atoms with Gasteiger partial charge in [0.15, 0.2) is 6.29 Å². The lowest BCUT2D eigenvalue weighted by atomic mass is 10.1. The van der Waals surface area contributed by atoms with Gasteiger partial charge in [0.2, 0.25) is 0 Å². The Bertz CT molecular complexity index is 360. The van der Waals surface area contributed by atoms with Crippen LogP contribution in [0.25, 0.3) is 0 Å². The summed E-state index contributed by atoms with van der Waals surface area (Å²) in [6.07, 6.45) is 7.41. The van der Waals surface area contributed by atoms with Crippen LogP contribution >= 0.6 is 0 Å². The molecule has 0 aromatic carbocycles. The smallest absolute Gasteiger partial charge is 0.158 e. The summed E-state index contributed by atoms with van der Waals surface area (Å²) in [5.74, 6) is 0.499. The molecular formula is C14H24N2O2. The van der Waals surface area contributed by atoms with Crippen molar-refractivity contribution in [2.75, 3.05) is 6.61 Å². The van der Waals surface area contributed by atoms with Crippen LogP contribution in [0.1, 0.15) is 51.6 Å². The lowest BCUT2D eigenvalue weighted by Gasteiger charge is -2.30. The molecule has 1 aliphatic rings. The molecule has 2 heterocycles. The minimum Gasteiger partial charge on any atom is -0.353 e. The molecule has 0 bridgehead atoms. The maximum Gasteiger partial charge on any atom is 0.158 e. The Morgan fingerprint density at radius 2 is 2.33 bits per heavy atom. The van der Waals surface area contributed by atoms with Crippen molar-refractivity contribution in [1.82, 2.24) is 9.55 Å². The zero-order valence-electron chi connectivity index (χ0n) is 11.6. The van der Waals surface area contributed by atoms with Gasteiger partial charge in [-0.3, -0.25) is 0 Å². The van der Waals surface area contributed by atoms with Gasteiger partial charge < -0.3 is 14.0 Å². The average Bonchev–Trinajstić information content (AvgIpc) is 2.78. The predicted molar refractivity (Wildman–Crippen MR) is 70.5 cm³/mol. The number of aromatic nitrogens is 2. The first kappa shape index (κ1) is 13.6. The summed E-state index contributed by atoms with van der Waals surface area (Å²) in [6, 6.07) is 0. The Hall–Kier alpha value is -0.870. The minimum absolute atomic E-state index is 0.0141. The van der Waals surface area contributed by atoms with Crippen molar-refractivity contribution in [2.45, 2.75) is 64.9 Å². The third-order valence-electron chi connectivity index (χ3n) is 3.40. The second-order valence-electron chi connectivity index (χ2n) is 5.20. The van der Waals surface area contributed by atoms with E-state index in [1.165, 1.54) is 12.1 Å². The van der Waals surface area contributed by atoms with Crippen LogP contribution < -0.4 is 0 Å². The molecule has 0 spiro atoms. The van der Waals surface area contributed by atoms with Crippen LogP contribution in [0.3, 0.4) is 0 Å². The maximum absolute atomic E-state index is 5.96. The van der Waals surface area contributed by atoms with E-state index in [9.17, 15) is 0 Å². The lowest BCUT2D eigenvalue weighted by Crippen LogP contribution is -2.32. The Morgan fingerprint density at radius 1 is 1.50 bits per heavy atom. The van der Waals surface area contributed by atoms with E-state index in [-0.39, 0.29) is 12.4 Å². The molecule has 4 heteroatoms. The summed E-state index contributed by atoms with van der Waals surface area (Å²) in [5.41, 5.74) is 1.28.